The van der Waals surface area contributed by atoms with Crippen molar-refractivity contribution >= 4 is 0 Å². The molecule has 3 aliphatic carbocycles. The predicted molar refractivity (Wildman–Crippen MR) is 138 cm³/mol. The second-order valence-corrected chi connectivity index (χ2v) is 11.8. The molecule has 0 aromatic heterocycles. The molecule has 3 saturated carbocycles. The zero-order valence-electron chi connectivity index (χ0n) is 21.3. The van der Waals surface area contributed by atoms with Gasteiger partial charge in [-0.05, 0) is 94.1 Å². The zero-order valence-corrected chi connectivity index (χ0v) is 21.3. The lowest BCUT2D eigenvalue weighted by Gasteiger charge is -2.43. The fourth-order valence-corrected chi connectivity index (χ4v) is 7.05. The van der Waals surface area contributed by atoms with Crippen LogP contribution in [-0.2, 0) is 5.60 Å². The molecular weight excluding hydrogens is 420 g/mol. The highest BCUT2D eigenvalue weighted by atomic mass is 16.3. The Bertz CT molecular complexity index is 989. The number of aliphatic hydroxyl groups excluding tert-OH is 2. The highest BCUT2D eigenvalue weighted by Gasteiger charge is 2.50. The fraction of sp³-hybridized carbons (Fsp3) is 0.613. The lowest BCUT2D eigenvalue weighted by atomic mass is 9.61. The standard InChI is InChI=1S/C31H42O3/c1-21(11-13-23-8-5-6-10-28(23)30(2,3)34)27-15-16-29-24(9-7-17-31(27,29)4)14-12-22-18-25(32)20-26(33)19-22/h5-6,8,10,12,14,21,25-27,29,32-34H,7,9,15-20H2,1-4H3/b24-14+/t21-,25-,26-,27-,29+,31-/m1/s1. The largest absolute Gasteiger partial charge is 0.393 e. The Morgan fingerprint density at radius 3 is 2.50 bits per heavy atom. The quantitative estimate of drug-likeness (QED) is 0.492. The van der Waals surface area contributed by atoms with Crippen molar-refractivity contribution in [2.75, 3.05) is 0 Å². The zero-order chi connectivity index (χ0) is 24.5. The first-order valence-corrected chi connectivity index (χ1v) is 13.2. The summed E-state index contributed by atoms with van der Waals surface area (Å²) in [5.41, 5.74) is 3.89. The molecule has 34 heavy (non-hydrogen) atoms. The minimum absolute atomic E-state index is 0.262. The van der Waals surface area contributed by atoms with Gasteiger partial charge in [0.1, 0.15) is 0 Å². The molecule has 0 saturated heterocycles. The lowest BCUT2D eigenvalue weighted by Crippen LogP contribution is -2.35. The number of hydrogen-bond acceptors (Lipinski definition) is 3. The van der Waals surface area contributed by atoms with Crippen molar-refractivity contribution in [2.45, 2.75) is 96.9 Å². The van der Waals surface area contributed by atoms with Gasteiger partial charge in [-0.2, -0.15) is 0 Å². The first-order valence-electron chi connectivity index (χ1n) is 13.2. The van der Waals surface area contributed by atoms with E-state index in [0.29, 0.717) is 37.0 Å². The van der Waals surface area contributed by atoms with Crippen molar-refractivity contribution in [1.29, 1.82) is 0 Å². The van der Waals surface area contributed by atoms with Crippen LogP contribution in [0.3, 0.4) is 0 Å². The van der Waals surface area contributed by atoms with Crippen molar-refractivity contribution in [1.82, 2.24) is 0 Å². The molecule has 3 heteroatoms. The van der Waals surface area contributed by atoms with Gasteiger partial charge in [-0.1, -0.05) is 67.2 Å². The second kappa shape index (κ2) is 10.0. The third-order valence-corrected chi connectivity index (χ3v) is 8.74. The van der Waals surface area contributed by atoms with Crippen molar-refractivity contribution in [3.05, 3.63) is 58.7 Å². The Balaban J connectivity index is 1.52. The average Bonchev–Trinajstić information content (AvgIpc) is 3.12. The molecular formula is C31H42O3. The number of hydrogen-bond donors (Lipinski definition) is 3. The van der Waals surface area contributed by atoms with Crippen LogP contribution in [0.2, 0.25) is 0 Å². The van der Waals surface area contributed by atoms with E-state index < -0.39 is 17.8 Å². The first kappa shape index (κ1) is 25.2. The highest BCUT2D eigenvalue weighted by molar-refractivity contribution is 5.44. The second-order valence-electron chi connectivity index (χ2n) is 11.8. The first-order chi connectivity index (χ1) is 16.1. The SMILES string of the molecule is C[C@H](C#Cc1ccccc1C(C)(C)O)[C@H]1CC[C@H]2/C(=C/C=C3C[C@@H](O)C[C@H](O)C3)CCC[C@]12C. The van der Waals surface area contributed by atoms with Crippen LogP contribution < -0.4 is 0 Å². The van der Waals surface area contributed by atoms with Crippen molar-refractivity contribution < 1.29 is 15.3 Å². The maximum atomic E-state index is 10.5. The summed E-state index contributed by atoms with van der Waals surface area (Å²) in [6.07, 6.45) is 11.6. The van der Waals surface area contributed by atoms with Gasteiger partial charge < -0.3 is 15.3 Å². The monoisotopic (exact) mass is 462 g/mol. The van der Waals surface area contributed by atoms with Crippen molar-refractivity contribution in [3.8, 4) is 11.8 Å². The summed E-state index contributed by atoms with van der Waals surface area (Å²) in [6, 6.07) is 7.94. The molecule has 4 rings (SSSR count). The number of rotatable bonds is 3. The van der Waals surface area contributed by atoms with E-state index in [9.17, 15) is 15.3 Å². The Hall–Kier alpha value is -1.86. The minimum Gasteiger partial charge on any atom is -0.393 e. The smallest absolute Gasteiger partial charge is 0.0852 e. The van der Waals surface area contributed by atoms with E-state index in [4.69, 9.17) is 0 Å². The van der Waals surface area contributed by atoms with E-state index >= 15 is 0 Å². The predicted octanol–water partition coefficient (Wildman–Crippen LogP) is 5.88. The minimum atomic E-state index is -0.902. The molecule has 0 spiro atoms. The third kappa shape index (κ3) is 5.35. The molecule has 184 valence electrons. The Labute approximate surface area is 206 Å². The van der Waals surface area contributed by atoms with E-state index in [-0.39, 0.29) is 5.41 Å². The van der Waals surface area contributed by atoms with E-state index in [1.165, 1.54) is 31.3 Å². The normalized spacial score (nSPS) is 33.7. The van der Waals surface area contributed by atoms with Crippen molar-refractivity contribution in [3.63, 3.8) is 0 Å². The van der Waals surface area contributed by atoms with Gasteiger partial charge in [0.15, 0.2) is 0 Å². The summed E-state index contributed by atoms with van der Waals surface area (Å²) >= 11 is 0. The molecule has 0 unspecified atom stereocenters. The van der Waals surface area contributed by atoms with Gasteiger partial charge in [0.25, 0.3) is 0 Å². The molecule has 0 radical (unpaired) electrons. The number of benzene rings is 1. The number of fused-ring (bicyclic) bond motifs is 1. The maximum absolute atomic E-state index is 10.5. The Morgan fingerprint density at radius 1 is 1.09 bits per heavy atom. The molecule has 0 aliphatic heterocycles. The van der Waals surface area contributed by atoms with Crippen LogP contribution in [0.1, 0.15) is 90.2 Å². The van der Waals surface area contributed by atoms with Crippen LogP contribution in [-0.4, -0.2) is 27.5 Å². The van der Waals surface area contributed by atoms with Crippen LogP contribution in [0.4, 0.5) is 0 Å². The summed E-state index contributed by atoms with van der Waals surface area (Å²) in [5, 5.41) is 30.6. The fourth-order valence-electron chi connectivity index (χ4n) is 7.05. The molecule has 1 aromatic carbocycles. The van der Waals surface area contributed by atoms with E-state index in [2.05, 4.69) is 37.8 Å². The van der Waals surface area contributed by atoms with Crippen molar-refractivity contribution in [2.24, 2.45) is 23.2 Å². The molecule has 0 heterocycles. The summed E-state index contributed by atoms with van der Waals surface area (Å²) in [6.45, 7) is 8.40. The third-order valence-electron chi connectivity index (χ3n) is 8.74. The molecule has 3 N–H and O–H groups in total. The van der Waals surface area contributed by atoms with E-state index in [1.807, 2.05) is 38.1 Å². The topological polar surface area (TPSA) is 60.7 Å². The maximum Gasteiger partial charge on any atom is 0.0852 e. The Kier molecular flexibility index (Phi) is 7.44. The van der Waals surface area contributed by atoms with Gasteiger partial charge in [0, 0.05) is 11.5 Å². The van der Waals surface area contributed by atoms with Gasteiger partial charge >= 0.3 is 0 Å². The molecule has 1 aromatic rings. The summed E-state index contributed by atoms with van der Waals surface area (Å²) in [7, 11) is 0. The average molecular weight is 463 g/mol. The summed E-state index contributed by atoms with van der Waals surface area (Å²) < 4.78 is 0. The highest BCUT2D eigenvalue weighted by Crippen LogP contribution is 2.59. The molecule has 3 aliphatic rings. The summed E-state index contributed by atoms with van der Waals surface area (Å²) in [4.78, 5) is 0. The lowest BCUT2D eigenvalue weighted by molar-refractivity contribution is 0.0609. The molecule has 0 amide bonds. The van der Waals surface area contributed by atoms with Gasteiger partial charge in [-0.3, -0.25) is 0 Å². The van der Waals surface area contributed by atoms with Crippen LogP contribution >= 0.6 is 0 Å². The van der Waals surface area contributed by atoms with Gasteiger partial charge in [-0.15, -0.1) is 0 Å². The van der Waals surface area contributed by atoms with Crippen LogP contribution in [0, 0.1) is 35.0 Å². The Morgan fingerprint density at radius 2 is 1.79 bits per heavy atom. The molecule has 3 nitrogen and oxygen atoms in total. The van der Waals surface area contributed by atoms with E-state index in [1.54, 1.807) is 5.57 Å². The molecule has 0 bridgehead atoms. The molecule has 6 atom stereocenters. The van der Waals surface area contributed by atoms with Crippen LogP contribution in [0.25, 0.3) is 0 Å². The van der Waals surface area contributed by atoms with Gasteiger partial charge in [0.2, 0.25) is 0 Å². The van der Waals surface area contributed by atoms with Crippen LogP contribution in [0.5, 0.6) is 0 Å². The van der Waals surface area contributed by atoms with Crippen LogP contribution in [0.15, 0.2) is 47.6 Å². The molecule has 3 fully saturated rings. The summed E-state index contributed by atoms with van der Waals surface area (Å²) in [5.74, 6) is 8.44. The van der Waals surface area contributed by atoms with E-state index in [0.717, 1.165) is 17.5 Å². The number of aliphatic hydroxyl groups is 3. The van der Waals surface area contributed by atoms with Gasteiger partial charge in [0.05, 0.1) is 17.8 Å². The van der Waals surface area contributed by atoms with Gasteiger partial charge in [-0.25, -0.2) is 0 Å². The number of allylic oxidation sites excluding steroid dienone is 3.